The quantitative estimate of drug-likeness (QED) is 0.471. The number of halogens is 3. The summed E-state index contributed by atoms with van der Waals surface area (Å²) in [7, 11) is 2.11. The third-order valence-electron chi connectivity index (χ3n) is 4.81. The van der Waals surface area contributed by atoms with Gasteiger partial charge in [-0.2, -0.15) is 5.26 Å². The highest BCUT2D eigenvalue weighted by Gasteiger charge is 2.35. The number of carbonyl (C=O) groups excluding carboxylic acids is 1. The molecule has 0 radical (unpaired) electrons. The highest BCUT2D eigenvalue weighted by Crippen LogP contribution is 2.35. The summed E-state index contributed by atoms with van der Waals surface area (Å²) in [5.41, 5.74) is 0.410. The molecule has 0 aliphatic carbocycles. The van der Waals surface area contributed by atoms with Gasteiger partial charge in [-0.05, 0) is 71.4 Å². The Morgan fingerprint density at radius 1 is 1.20 bits per heavy atom. The lowest BCUT2D eigenvalue weighted by Crippen LogP contribution is -2.39. The Bertz CT molecular complexity index is 688. The second-order valence-corrected chi connectivity index (χ2v) is 10.0. The van der Waals surface area contributed by atoms with Crippen molar-refractivity contribution in [3.05, 3.63) is 34.3 Å². The van der Waals surface area contributed by atoms with Crippen molar-refractivity contribution < 1.29 is 9.53 Å². The lowest BCUT2D eigenvalue weighted by molar-refractivity contribution is 0.0273. The summed E-state index contributed by atoms with van der Waals surface area (Å²) in [6, 6.07) is 10.7. The largest absolute Gasteiger partial charge is 0.444 e. The predicted octanol–water partition coefficient (Wildman–Crippen LogP) is 5.64. The average molecular weight is 521 g/mol. The zero-order valence-corrected chi connectivity index (χ0v) is 21.4. The van der Waals surface area contributed by atoms with Crippen LogP contribution in [-0.2, 0) is 10.2 Å². The maximum Gasteiger partial charge on any atom is 0.410 e. The minimum absolute atomic E-state index is 0.271. The average Bonchev–Trinajstić information content (AvgIpc) is 2.69. The lowest BCUT2D eigenvalue weighted by atomic mass is 9.74. The van der Waals surface area contributed by atoms with Crippen molar-refractivity contribution in [2.45, 2.75) is 44.6 Å². The summed E-state index contributed by atoms with van der Waals surface area (Å²) in [4.78, 5) is 15.3. The molecule has 0 spiro atoms. The fourth-order valence-electron chi connectivity index (χ4n) is 3.06. The van der Waals surface area contributed by atoms with Gasteiger partial charge in [-0.25, -0.2) is 4.79 Å². The van der Waals surface area contributed by atoms with Gasteiger partial charge in [-0.15, -0.1) is 23.2 Å². The number of hydrogen-bond donors (Lipinski definition) is 0. The smallest absolute Gasteiger partial charge is 0.410 e. The van der Waals surface area contributed by atoms with Gasteiger partial charge in [0.1, 0.15) is 5.60 Å². The molecular weight excluding hydrogens is 489 g/mol. The fourth-order valence-corrected chi connectivity index (χ4v) is 3.73. The number of likely N-dealkylation sites (tertiary alicyclic amines) is 1. The van der Waals surface area contributed by atoms with E-state index >= 15 is 0 Å². The molecule has 0 saturated carbocycles. The van der Waals surface area contributed by atoms with Crippen LogP contribution in [0, 0.1) is 11.3 Å². The number of ether oxygens (including phenoxy) is 1. The number of hydrogen-bond acceptors (Lipinski definition) is 4. The van der Waals surface area contributed by atoms with Crippen LogP contribution in [-0.4, -0.2) is 66.5 Å². The van der Waals surface area contributed by atoms with Gasteiger partial charge in [-0.1, -0.05) is 28.1 Å². The van der Waals surface area contributed by atoms with Crippen LogP contribution in [0.3, 0.4) is 0 Å². The van der Waals surface area contributed by atoms with Crippen molar-refractivity contribution >= 4 is 45.2 Å². The van der Waals surface area contributed by atoms with Crippen molar-refractivity contribution in [2.24, 2.45) is 0 Å². The molecule has 0 atom stereocenters. The molecule has 1 fully saturated rings. The topological polar surface area (TPSA) is 56.6 Å². The van der Waals surface area contributed by atoms with Crippen LogP contribution in [0.15, 0.2) is 28.7 Å². The summed E-state index contributed by atoms with van der Waals surface area (Å²) in [5, 5.41) is 9.47. The van der Waals surface area contributed by atoms with Gasteiger partial charge in [0.15, 0.2) is 0 Å². The molecule has 30 heavy (non-hydrogen) atoms. The molecule has 0 unspecified atom stereocenters. The molecular formula is C22H32BrCl2N3O2. The molecule has 1 saturated heterocycles. The molecule has 5 nitrogen and oxygen atoms in total. The second kappa shape index (κ2) is 12.8. The molecule has 8 heteroatoms. The van der Waals surface area contributed by atoms with Crippen LogP contribution >= 0.6 is 39.1 Å². The van der Waals surface area contributed by atoms with Gasteiger partial charge in [0, 0.05) is 29.3 Å². The van der Waals surface area contributed by atoms with E-state index in [0.717, 1.165) is 36.0 Å². The van der Waals surface area contributed by atoms with Crippen molar-refractivity contribution in [3.63, 3.8) is 0 Å². The van der Waals surface area contributed by atoms with Crippen LogP contribution < -0.4 is 0 Å². The number of rotatable bonds is 5. The third-order valence-corrected chi connectivity index (χ3v) is 5.68. The molecule has 0 aromatic heterocycles. The van der Waals surface area contributed by atoms with Crippen LogP contribution in [0.4, 0.5) is 4.79 Å². The Hall–Kier alpha value is -1.000. The van der Waals surface area contributed by atoms with Crippen molar-refractivity contribution in [1.82, 2.24) is 9.80 Å². The Kier molecular flexibility index (Phi) is 11.5. The number of nitrogens with zero attached hydrogens (tertiary/aromatic N) is 3. The highest BCUT2D eigenvalue weighted by molar-refractivity contribution is 9.10. The van der Waals surface area contributed by atoms with Crippen LogP contribution in [0.2, 0.25) is 0 Å². The molecule has 1 aromatic carbocycles. The number of benzene rings is 1. The maximum absolute atomic E-state index is 11.5. The minimum atomic E-state index is -0.478. The molecule has 0 N–H and O–H groups in total. The van der Waals surface area contributed by atoms with E-state index in [1.807, 2.05) is 32.9 Å². The van der Waals surface area contributed by atoms with Gasteiger partial charge in [0.05, 0.1) is 11.5 Å². The van der Waals surface area contributed by atoms with E-state index in [1.165, 1.54) is 4.90 Å². The first-order valence-corrected chi connectivity index (χ1v) is 11.9. The molecule has 1 aliphatic rings. The van der Waals surface area contributed by atoms with Crippen LogP contribution in [0.1, 0.15) is 39.2 Å². The SMILES string of the molecule is CC(C)(C)OC(=O)N(CCCl)CCCl.CN1CCC(C#N)(c2ccc(Br)cc2)CC1. The van der Waals surface area contributed by atoms with Crippen LogP contribution in [0.5, 0.6) is 0 Å². The Balaban J connectivity index is 0.000000304. The first kappa shape index (κ1) is 27.0. The van der Waals surface area contributed by atoms with Gasteiger partial charge < -0.3 is 14.5 Å². The highest BCUT2D eigenvalue weighted by atomic mass is 79.9. The van der Waals surface area contributed by atoms with Crippen LogP contribution in [0.25, 0.3) is 0 Å². The number of nitriles is 1. The summed E-state index contributed by atoms with van der Waals surface area (Å²) < 4.78 is 6.24. The second-order valence-electron chi connectivity index (χ2n) is 8.35. The van der Waals surface area contributed by atoms with E-state index in [9.17, 15) is 10.1 Å². The number of carbonyl (C=O) groups is 1. The van der Waals surface area contributed by atoms with E-state index in [4.69, 9.17) is 27.9 Å². The summed E-state index contributed by atoms with van der Waals surface area (Å²) in [6.07, 6.45) is 1.50. The number of amides is 1. The first-order valence-electron chi connectivity index (χ1n) is 10.0. The Morgan fingerprint density at radius 3 is 2.10 bits per heavy atom. The standard InChI is InChI=1S/C13H15BrN2.C9H17Cl2NO2/c1-16-8-6-13(10-15,7-9-16)11-2-4-12(14)5-3-11;1-9(2,3)14-8(13)12(6-4-10)7-5-11/h2-5H,6-9H2,1H3;4-7H2,1-3H3. The summed E-state index contributed by atoms with van der Waals surface area (Å²) in [6.45, 7) is 8.40. The van der Waals surface area contributed by atoms with Gasteiger partial charge in [-0.3, -0.25) is 0 Å². The van der Waals surface area contributed by atoms with E-state index in [-0.39, 0.29) is 11.5 Å². The van der Waals surface area contributed by atoms with E-state index < -0.39 is 5.60 Å². The van der Waals surface area contributed by atoms with E-state index in [1.54, 1.807) is 0 Å². The maximum atomic E-state index is 11.5. The van der Waals surface area contributed by atoms with Crippen molar-refractivity contribution in [2.75, 3.05) is 45.0 Å². The molecule has 1 amide bonds. The van der Waals surface area contributed by atoms with Gasteiger partial charge >= 0.3 is 6.09 Å². The predicted molar refractivity (Wildman–Crippen MR) is 127 cm³/mol. The summed E-state index contributed by atoms with van der Waals surface area (Å²) >= 11 is 14.5. The Morgan fingerprint density at radius 2 is 1.70 bits per heavy atom. The zero-order valence-electron chi connectivity index (χ0n) is 18.3. The monoisotopic (exact) mass is 519 g/mol. The Labute approximate surface area is 199 Å². The molecule has 1 aliphatic heterocycles. The molecule has 2 rings (SSSR count). The fraction of sp³-hybridized carbons (Fsp3) is 0.636. The van der Waals surface area contributed by atoms with Gasteiger partial charge in [0.25, 0.3) is 0 Å². The minimum Gasteiger partial charge on any atom is -0.444 e. The third kappa shape index (κ3) is 9.01. The molecule has 168 valence electrons. The van der Waals surface area contributed by atoms with E-state index in [0.29, 0.717) is 24.8 Å². The normalized spacial score (nSPS) is 16.1. The van der Waals surface area contributed by atoms with Gasteiger partial charge in [0.2, 0.25) is 0 Å². The van der Waals surface area contributed by atoms with Crippen molar-refractivity contribution in [3.8, 4) is 6.07 Å². The van der Waals surface area contributed by atoms with E-state index in [2.05, 4.69) is 46.1 Å². The molecule has 1 heterocycles. The number of alkyl halides is 2. The first-order chi connectivity index (χ1) is 14.1. The van der Waals surface area contributed by atoms with Crippen molar-refractivity contribution in [1.29, 1.82) is 5.26 Å². The zero-order chi connectivity index (χ0) is 22.8. The number of piperidine rings is 1. The summed E-state index contributed by atoms with van der Waals surface area (Å²) in [5.74, 6) is 0.770. The molecule has 1 aromatic rings. The lowest BCUT2D eigenvalue weighted by Gasteiger charge is -2.35. The molecule has 0 bridgehead atoms.